The first-order chi connectivity index (χ1) is 12.3. The van der Waals surface area contributed by atoms with Crippen molar-refractivity contribution in [3.63, 3.8) is 0 Å². The predicted octanol–water partition coefficient (Wildman–Crippen LogP) is 4.26. The zero-order valence-electron chi connectivity index (χ0n) is 15.0. The molecule has 0 radical (unpaired) electrons. The average molecular weight is 339 g/mol. The third-order valence-electron chi connectivity index (χ3n) is 4.28. The largest absolute Gasteiger partial charge is 0.479 e. The molecule has 0 unspecified atom stereocenters. The summed E-state index contributed by atoms with van der Waals surface area (Å²) in [4.78, 5) is 9.17. The van der Waals surface area contributed by atoms with E-state index in [1.165, 1.54) is 32.1 Å². The van der Waals surface area contributed by atoms with E-state index in [1.807, 2.05) is 35.0 Å². The van der Waals surface area contributed by atoms with Gasteiger partial charge in [0.25, 0.3) is 0 Å². The van der Waals surface area contributed by atoms with Gasteiger partial charge in [0.1, 0.15) is 0 Å². The molecule has 3 aromatic rings. The summed E-state index contributed by atoms with van der Waals surface area (Å²) >= 11 is 0. The molecule has 0 aliphatic rings. The number of rotatable bonds is 9. The smallest absolute Gasteiger partial charge is 0.247 e. The van der Waals surface area contributed by atoms with E-state index in [0.717, 1.165) is 24.2 Å². The minimum Gasteiger partial charge on any atom is -0.479 e. The number of hydrogen-bond donors (Lipinski definition) is 0. The van der Waals surface area contributed by atoms with Crippen LogP contribution in [-0.2, 0) is 6.54 Å². The third kappa shape index (κ3) is 4.13. The lowest BCUT2D eigenvalue weighted by Crippen LogP contribution is -2.03. The Morgan fingerprint density at radius 2 is 1.72 bits per heavy atom. The van der Waals surface area contributed by atoms with Crippen LogP contribution < -0.4 is 4.74 Å². The molecule has 0 aliphatic heterocycles. The van der Waals surface area contributed by atoms with E-state index in [4.69, 9.17) is 4.74 Å². The van der Waals surface area contributed by atoms with Gasteiger partial charge in [-0.25, -0.2) is 9.67 Å². The molecule has 25 heavy (non-hydrogen) atoms. The topological polar surface area (TPSA) is 65.7 Å². The van der Waals surface area contributed by atoms with Crippen LogP contribution in [0.4, 0.5) is 0 Å². The van der Waals surface area contributed by atoms with Crippen LogP contribution in [-0.4, -0.2) is 32.1 Å². The van der Waals surface area contributed by atoms with Gasteiger partial charge in [-0.3, -0.25) is 0 Å². The van der Waals surface area contributed by atoms with Crippen molar-refractivity contribution in [2.45, 2.75) is 52.0 Å². The first-order valence-electron chi connectivity index (χ1n) is 9.04. The Hall–Kier alpha value is -2.50. The number of aromatic nitrogens is 5. The second-order valence-electron chi connectivity index (χ2n) is 6.18. The Morgan fingerprint density at radius 3 is 2.48 bits per heavy atom. The van der Waals surface area contributed by atoms with Gasteiger partial charge >= 0.3 is 0 Å². The number of ether oxygens (including phenoxy) is 1. The molecule has 0 N–H and O–H groups in total. The molecule has 2 heterocycles. The molecule has 0 saturated carbocycles. The number of nitrogens with zero attached hydrogens (tertiary/aromatic N) is 5. The van der Waals surface area contributed by atoms with Crippen LogP contribution in [0.5, 0.6) is 5.88 Å². The van der Waals surface area contributed by atoms with Crippen LogP contribution in [0, 0.1) is 0 Å². The minimum absolute atomic E-state index is 0.470. The van der Waals surface area contributed by atoms with E-state index in [2.05, 4.69) is 27.2 Å². The van der Waals surface area contributed by atoms with Gasteiger partial charge in [0.2, 0.25) is 5.88 Å². The summed E-state index contributed by atoms with van der Waals surface area (Å²) in [5, 5.41) is 8.47. The average Bonchev–Trinajstić information content (AvgIpc) is 3.07. The molecule has 0 amide bonds. The lowest BCUT2D eigenvalue weighted by molar-refractivity contribution is 0.402. The van der Waals surface area contributed by atoms with Crippen LogP contribution in [0.15, 0.2) is 30.3 Å². The van der Waals surface area contributed by atoms with Gasteiger partial charge in [0.05, 0.1) is 7.11 Å². The molecular weight excluding hydrogens is 314 g/mol. The molecule has 0 spiro atoms. The molecule has 6 heteroatoms. The summed E-state index contributed by atoms with van der Waals surface area (Å²) < 4.78 is 7.27. The maximum atomic E-state index is 5.41. The van der Waals surface area contributed by atoms with Crippen LogP contribution >= 0.6 is 0 Å². The Balaban J connectivity index is 1.80. The number of hydrogen-bond acceptors (Lipinski definition) is 5. The summed E-state index contributed by atoms with van der Waals surface area (Å²) in [6.07, 6.45) is 7.45. The van der Waals surface area contributed by atoms with Gasteiger partial charge in [0.15, 0.2) is 17.0 Å². The Labute approximate surface area is 148 Å². The Morgan fingerprint density at radius 1 is 0.960 bits per heavy atom. The van der Waals surface area contributed by atoms with Crippen LogP contribution in [0.3, 0.4) is 0 Å². The van der Waals surface area contributed by atoms with E-state index in [0.29, 0.717) is 17.2 Å². The zero-order chi connectivity index (χ0) is 17.5. The number of fused-ring (bicyclic) bond motifs is 1. The molecule has 0 bridgehead atoms. The van der Waals surface area contributed by atoms with Crippen LogP contribution in [0.25, 0.3) is 22.6 Å². The second-order valence-corrected chi connectivity index (χ2v) is 6.18. The first kappa shape index (κ1) is 17.3. The van der Waals surface area contributed by atoms with Crippen molar-refractivity contribution in [1.29, 1.82) is 0 Å². The SMILES string of the molecule is CCCCCCCCn1nnc2c(OC)nc(-c3ccccc3)nc21. The van der Waals surface area contributed by atoms with Gasteiger partial charge in [-0.15, -0.1) is 5.10 Å². The summed E-state index contributed by atoms with van der Waals surface area (Å²) in [6.45, 7) is 3.05. The summed E-state index contributed by atoms with van der Waals surface area (Å²) in [5.41, 5.74) is 2.31. The van der Waals surface area contributed by atoms with Crippen molar-refractivity contribution in [2.75, 3.05) is 7.11 Å². The van der Waals surface area contributed by atoms with E-state index < -0.39 is 0 Å². The summed E-state index contributed by atoms with van der Waals surface area (Å²) in [7, 11) is 1.60. The number of unbranched alkanes of at least 4 members (excludes halogenated alkanes) is 5. The highest BCUT2D eigenvalue weighted by Crippen LogP contribution is 2.24. The Bertz CT molecular complexity index is 800. The monoisotopic (exact) mass is 339 g/mol. The number of aryl methyl sites for hydroxylation is 1. The highest BCUT2D eigenvalue weighted by Gasteiger charge is 2.15. The first-order valence-corrected chi connectivity index (χ1v) is 9.04. The second kappa shape index (κ2) is 8.55. The molecule has 132 valence electrons. The fourth-order valence-electron chi connectivity index (χ4n) is 2.88. The molecular formula is C19H25N5O. The normalized spacial score (nSPS) is 11.1. The van der Waals surface area contributed by atoms with Crippen LogP contribution in [0.2, 0.25) is 0 Å². The van der Waals surface area contributed by atoms with Gasteiger partial charge in [-0.2, -0.15) is 4.98 Å². The maximum Gasteiger partial charge on any atom is 0.247 e. The molecule has 1 aromatic carbocycles. The lowest BCUT2D eigenvalue weighted by atomic mass is 10.1. The highest BCUT2D eigenvalue weighted by atomic mass is 16.5. The maximum absolute atomic E-state index is 5.41. The van der Waals surface area contributed by atoms with Crippen molar-refractivity contribution >= 4 is 11.2 Å². The molecule has 0 aliphatic carbocycles. The van der Waals surface area contributed by atoms with E-state index in [9.17, 15) is 0 Å². The molecule has 0 fully saturated rings. The van der Waals surface area contributed by atoms with Crippen molar-refractivity contribution in [3.05, 3.63) is 30.3 Å². The van der Waals surface area contributed by atoms with Gasteiger partial charge in [0, 0.05) is 12.1 Å². The van der Waals surface area contributed by atoms with E-state index >= 15 is 0 Å². The summed E-state index contributed by atoms with van der Waals surface area (Å²) in [6, 6.07) is 9.90. The van der Waals surface area contributed by atoms with Gasteiger partial charge < -0.3 is 4.74 Å². The zero-order valence-corrected chi connectivity index (χ0v) is 15.0. The number of methoxy groups -OCH3 is 1. The highest BCUT2D eigenvalue weighted by molar-refractivity contribution is 5.78. The fraction of sp³-hybridized carbons (Fsp3) is 0.474. The van der Waals surface area contributed by atoms with E-state index in [-0.39, 0.29) is 0 Å². The molecule has 3 rings (SSSR count). The third-order valence-corrected chi connectivity index (χ3v) is 4.28. The van der Waals surface area contributed by atoms with Crippen molar-refractivity contribution in [1.82, 2.24) is 25.0 Å². The summed E-state index contributed by atoms with van der Waals surface area (Å²) in [5.74, 6) is 1.11. The predicted molar refractivity (Wildman–Crippen MR) is 98.5 cm³/mol. The molecule has 2 aromatic heterocycles. The van der Waals surface area contributed by atoms with Crippen molar-refractivity contribution < 1.29 is 4.74 Å². The lowest BCUT2D eigenvalue weighted by Gasteiger charge is -2.06. The van der Waals surface area contributed by atoms with Crippen LogP contribution in [0.1, 0.15) is 45.4 Å². The van der Waals surface area contributed by atoms with Gasteiger partial charge in [-0.1, -0.05) is 74.6 Å². The fourth-order valence-corrected chi connectivity index (χ4v) is 2.88. The van der Waals surface area contributed by atoms with Gasteiger partial charge in [-0.05, 0) is 6.42 Å². The Kier molecular flexibility index (Phi) is 5.93. The van der Waals surface area contributed by atoms with Crippen molar-refractivity contribution in [2.24, 2.45) is 0 Å². The minimum atomic E-state index is 0.470. The molecule has 0 atom stereocenters. The quantitative estimate of drug-likeness (QED) is 0.545. The van der Waals surface area contributed by atoms with E-state index in [1.54, 1.807) is 7.11 Å². The molecule has 6 nitrogen and oxygen atoms in total. The number of benzene rings is 1. The standard InChI is InChI=1S/C19H25N5O/c1-3-4-5-6-7-11-14-24-18-16(22-23-24)19(25-2)21-17(20-18)15-12-9-8-10-13-15/h8-10,12-13H,3-7,11,14H2,1-2H3. The molecule has 0 saturated heterocycles. The van der Waals surface area contributed by atoms with Crippen molar-refractivity contribution in [3.8, 4) is 17.3 Å².